The average Bonchev–Trinajstić information content (AvgIpc) is 2.37. The second kappa shape index (κ2) is 5.88. The topological polar surface area (TPSA) is 49.3 Å². The van der Waals surface area contributed by atoms with Gasteiger partial charge in [0.15, 0.2) is 0 Å². The predicted molar refractivity (Wildman–Crippen MR) is 81.0 cm³/mol. The van der Waals surface area contributed by atoms with Gasteiger partial charge in [-0.05, 0) is 49.6 Å². The van der Waals surface area contributed by atoms with Crippen LogP contribution in [0.2, 0.25) is 0 Å². The van der Waals surface area contributed by atoms with Gasteiger partial charge in [-0.2, -0.15) is 0 Å². The van der Waals surface area contributed by atoms with Gasteiger partial charge in [0.2, 0.25) is 0 Å². The van der Waals surface area contributed by atoms with Crippen molar-refractivity contribution in [2.24, 2.45) is 0 Å². The number of aliphatic hydroxyl groups excluding tert-OH is 1. The zero-order valence-corrected chi connectivity index (χ0v) is 12.0. The minimum atomic E-state index is -0.116. The molecule has 1 amide bonds. The van der Waals surface area contributed by atoms with Crippen LogP contribution in [-0.4, -0.2) is 11.0 Å². The summed E-state index contributed by atoms with van der Waals surface area (Å²) in [7, 11) is 0. The number of rotatable bonds is 3. The number of nitrogens with one attached hydrogen (secondary N) is 1. The van der Waals surface area contributed by atoms with E-state index >= 15 is 0 Å². The number of carbonyl (C=O) groups is 1. The summed E-state index contributed by atoms with van der Waals surface area (Å²) >= 11 is 0. The molecule has 20 heavy (non-hydrogen) atoms. The van der Waals surface area contributed by atoms with Gasteiger partial charge in [0.05, 0.1) is 6.61 Å². The minimum absolute atomic E-state index is 0.0354. The smallest absolute Gasteiger partial charge is 0.256 e. The van der Waals surface area contributed by atoms with Crippen LogP contribution in [0, 0.1) is 20.8 Å². The molecule has 0 bridgehead atoms. The predicted octanol–water partition coefficient (Wildman–Crippen LogP) is 3.36. The molecule has 0 aliphatic carbocycles. The van der Waals surface area contributed by atoms with E-state index in [0.717, 1.165) is 22.3 Å². The van der Waals surface area contributed by atoms with Crippen LogP contribution < -0.4 is 5.32 Å². The summed E-state index contributed by atoms with van der Waals surface area (Å²) in [6.45, 7) is 5.87. The Labute approximate surface area is 119 Å². The summed E-state index contributed by atoms with van der Waals surface area (Å²) in [4.78, 5) is 12.4. The van der Waals surface area contributed by atoms with Crippen molar-refractivity contribution in [1.82, 2.24) is 0 Å². The molecule has 2 N–H and O–H groups in total. The molecule has 0 spiro atoms. The number of benzene rings is 2. The lowest BCUT2D eigenvalue weighted by Gasteiger charge is -2.12. The fourth-order valence-corrected chi connectivity index (χ4v) is 2.48. The van der Waals surface area contributed by atoms with Gasteiger partial charge in [-0.3, -0.25) is 4.79 Å². The highest BCUT2D eigenvalue weighted by atomic mass is 16.3. The molecule has 0 heterocycles. The van der Waals surface area contributed by atoms with Crippen LogP contribution in [-0.2, 0) is 6.61 Å². The van der Waals surface area contributed by atoms with E-state index < -0.39 is 0 Å². The highest BCUT2D eigenvalue weighted by Crippen LogP contribution is 2.19. The highest BCUT2D eigenvalue weighted by molar-refractivity contribution is 6.06. The van der Waals surface area contributed by atoms with Crippen molar-refractivity contribution in [1.29, 1.82) is 0 Å². The lowest BCUT2D eigenvalue weighted by molar-refractivity contribution is 0.102. The Morgan fingerprint density at radius 3 is 2.35 bits per heavy atom. The van der Waals surface area contributed by atoms with Gasteiger partial charge >= 0.3 is 0 Å². The molecule has 0 saturated carbocycles. The summed E-state index contributed by atoms with van der Waals surface area (Å²) in [5.41, 5.74) is 5.28. The third-order valence-electron chi connectivity index (χ3n) is 3.27. The molecule has 0 fully saturated rings. The summed E-state index contributed by atoms with van der Waals surface area (Å²) in [5.74, 6) is -0.116. The minimum Gasteiger partial charge on any atom is -0.392 e. The summed E-state index contributed by atoms with van der Waals surface area (Å²) in [5, 5.41) is 12.0. The van der Waals surface area contributed by atoms with Crippen LogP contribution in [0.5, 0.6) is 0 Å². The van der Waals surface area contributed by atoms with Crippen molar-refractivity contribution in [3.8, 4) is 0 Å². The number of carbonyl (C=O) groups excluding carboxylic acids is 1. The molecule has 0 aromatic heterocycles. The van der Waals surface area contributed by atoms with E-state index in [1.54, 1.807) is 6.07 Å². The van der Waals surface area contributed by atoms with Crippen LogP contribution >= 0.6 is 0 Å². The van der Waals surface area contributed by atoms with E-state index in [9.17, 15) is 4.79 Å². The first-order valence-electron chi connectivity index (χ1n) is 6.60. The van der Waals surface area contributed by atoms with Gasteiger partial charge in [-0.25, -0.2) is 0 Å². The Morgan fingerprint density at radius 1 is 1.10 bits per heavy atom. The number of amides is 1. The Kier molecular flexibility index (Phi) is 4.20. The normalized spacial score (nSPS) is 10.4. The maximum atomic E-state index is 12.4. The molecule has 3 heteroatoms. The lowest BCUT2D eigenvalue weighted by Crippen LogP contribution is -2.15. The van der Waals surface area contributed by atoms with Crippen LogP contribution in [0.15, 0.2) is 36.4 Å². The van der Waals surface area contributed by atoms with Crippen LogP contribution in [0.3, 0.4) is 0 Å². The molecule has 104 valence electrons. The van der Waals surface area contributed by atoms with Crippen molar-refractivity contribution in [2.75, 3.05) is 5.32 Å². The van der Waals surface area contributed by atoms with Gasteiger partial charge < -0.3 is 10.4 Å². The molecular weight excluding hydrogens is 250 g/mol. The maximum absolute atomic E-state index is 12.4. The van der Waals surface area contributed by atoms with Crippen molar-refractivity contribution >= 4 is 11.6 Å². The van der Waals surface area contributed by atoms with Gasteiger partial charge in [-0.15, -0.1) is 0 Å². The first kappa shape index (κ1) is 14.3. The molecule has 0 saturated heterocycles. The molecule has 0 aliphatic heterocycles. The third kappa shape index (κ3) is 3.06. The highest BCUT2D eigenvalue weighted by Gasteiger charge is 2.13. The Balaban J connectivity index is 2.28. The lowest BCUT2D eigenvalue weighted by atomic mass is 9.99. The average molecular weight is 269 g/mol. The molecular formula is C17H19NO2. The first-order chi connectivity index (χ1) is 9.51. The molecule has 0 radical (unpaired) electrons. The number of hydrogen-bond donors (Lipinski definition) is 2. The Morgan fingerprint density at radius 2 is 1.75 bits per heavy atom. The number of aliphatic hydroxyl groups is 1. The summed E-state index contributed by atoms with van der Waals surface area (Å²) in [6, 6.07) is 11.2. The van der Waals surface area contributed by atoms with Crippen LogP contribution in [0.1, 0.15) is 32.6 Å². The molecule has 2 rings (SSSR count). The van der Waals surface area contributed by atoms with Crippen molar-refractivity contribution in [3.05, 3.63) is 64.2 Å². The quantitative estimate of drug-likeness (QED) is 0.897. The Hall–Kier alpha value is -2.13. The fourth-order valence-electron chi connectivity index (χ4n) is 2.48. The van der Waals surface area contributed by atoms with E-state index in [4.69, 9.17) is 5.11 Å². The zero-order chi connectivity index (χ0) is 14.7. The second-order valence-electron chi connectivity index (χ2n) is 5.09. The standard InChI is InChI=1S/C17H19NO2/c1-11-7-12(2)16(13(3)8-11)17(20)18-15-6-4-5-14(9-15)10-19/h4-9,19H,10H2,1-3H3,(H,18,20). The monoisotopic (exact) mass is 269 g/mol. The fraction of sp³-hybridized carbons (Fsp3) is 0.235. The molecule has 0 unspecified atom stereocenters. The first-order valence-corrected chi connectivity index (χ1v) is 6.60. The molecule has 0 aliphatic rings. The van der Waals surface area contributed by atoms with E-state index in [-0.39, 0.29) is 12.5 Å². The summed E-state index contributed by atoms with van der Waals surface area (Å²) in [6.07, 6.45) is 0. The van der Waals surface area contributed by atoms with Gasteiger partial charge in [0.1, 0.15) is 0 Å². The second-order valence-corrected chi connectivity index (χ2v) is 5.09. The van der Waals surface area contributed by atoms with Crippen molar-refractivity contribution in [2.45, 2.75) is 27.4 Å². The zero-order valence-electron chi connectivity index (χ0n) is 12.0. The number of hydrogen-bond acceptors (Lipinski definition) is 2. The van der Waals surface area contributed by atoms with E-state index in [2.05, 4.69) is 5.32 Å². The third-order valence-corrected chi connectivity index (χ3v) is 3.27. The molecule has 2 aromatic carbocycles. The van der Waals surface area contributed by atoms with Crippen LogP contribution in [0.4, 0.5) is 5.69 Å². The Bertz CT molecular complexity index is 624. The van der Waals surface area contributed by atoms with Gasteiger partial charge in [0.25, 0.3) is 5.91 Å². The van der Waals surface area contributed by atoms with Crippen LogP contribution in [0.25, 0.3) is 0 Å². The summed E-state index contributed by atoms with van der Waals surface area (Å²) < 4.78 is 0. The van der Waals surface area contributed by atoms with E-state index in [1.165, 1.54) is 0 Å². The van der Waals surface area contributed by atoms with Crippen molar-refractivity contribution < 1.29 is 9.90 Å². The SMILES string of the molecule is Cc1cc(C)c(C(=O)Nc2cccc(CO)c2)c(C)c1. The number of anilines is 1. The maximum Gasteiger partial charge on any atom is 0.256 e. The number of aryl methyl sites for hydroxylation is 3. The van der Waals surface area contributed by atoms with E-state index in [0.29, 0.717) is 11.3 Å². The molecule has 2 aromatic rings. The van der Waals surface area contributed by atoms with Gasteiger partial charge in [0, 0.05) is 11.3 Å². The van der Waals surface area contributed by atoms with Crippen molar-refractivity contribution in [3.63, 3.8) is 0 Å². The largest absolute Gasteiger partial charge is 0.392 e. The molecule has 0 atom stereocenters. The molecule has 3 nitrogen and oxygen atoms in total. The van der Waals surface area contributed by atoms with E-state index in [1.807, 2.05) is 51.1 Å². The van der Waals surface area contributed by atoms with Gasteiger partial charge in [-0.1, -0.05) is 29.8 Å².